The van der Waals surface area contributed by atoms with E-state index in [-0.39, 0.29) is 11.7 Å². The van der Waals surface area contributed by atoms with Gasteiger partial charge in [-0.25, -0.2) is 4.79 Å². The number of benzene rings is 1. The molecule has 0 bridgehead atoms. The van der Waals surface area contributed by atoms with E-state index in [9.17, 15) is 4.79 Å². The summed E-state index contributed by atoms with van der Waals surface area (Å²) < 4.78 is 11.5. The van der Waals surface area contributed by atoms with Crippen LogP contribution in [-0.2, 0) is 4.74 Å². The maximum absolute atomic E-state index is 12.4. The fraction of sp³-hybridized carbons (Fsp3) is 0.533. The largest absolute Gasteiger partial charge is 0.481 e. The van der Waals surface area contributed by atoms with Gasteiger partial charge in [0.1, 0.15) is 11.2 Å². The van der Waals surface area contributed by atoms with E-state index in [0.717, 1.165) is 12.8 Å². The van der Waals surface area contributed by atoms with Crippen molar-refractivity contribution in [3.8, 4) is 5.75 Å². The number of hydrogen-bond acceptors (Lipinski definition) is 4. The highest BCUT2D eigenvalue weighted by atomic mass is 16.6. The number of anilines is 2. The molecule has 5 heteroatoms. The lowest BCUT2D eigenvalue weighted by atomic mass is 10.1. The first-order valence-electron chi connectivity index (χ1n) is 6.88. The maximum Gasteiger partial charge on any atom is 0.415 e. The lowest BCUT2D eigenvalue weighted by Gasteiger charge is -2.36. The maximum atomic E-state index is 12.4. The number of ether oxygens (including phenoxy) is 2. The molecular formula is C15H20N2O3. The Labute approximate surface area is 118 Å². The van der Waals surface area contributed by atoms with Gasteiger partial charge in [-0.3, -0.25) is 4.90 Å². The molecule has 2 aliphatic rings. The molecule has 0 saturated heterocycles. The van der Waals surface area contributed by atoms with Crippen molar-refractivity contribution in [3.05, 3.63) is 18.2 Å². The molecule has 0 unspecified atom stereocenters. The van der Waals surface area contributed by atoms with Gasteiger partial charge in [-0.2, -0.15) is 0 Å². The molecule has 1 heterocycles. The number of para-hydroxylation sites is 1. The van der Waals surface area contributed by atoms with E-state index in [4.69, 9.17) is 15.2 Å². The Morgan fingerprint density at radius 3 is 2.70 bits per heavy atom. The van der Waals surface area contributed by atoms with Crippen LogP contribution in [0.3, 0.4) is 0 Å². The van der Waals surface area contributed by atoms with E-state index in [1.165, 1.54) is 0 Å². The van der Waals surface area contributed by atoms with Crippen molar-refractivity contribution in [3.63, 3.8) is 0 Å². The molecular weight excluding hydrogens is 256 g/mol. The highest BCUT2D eigenvalue weighted by Crippen LogP contribution is 2.50. The highest BCUT2D eigenvalue weighted by molar-refractivity contribution is 5.92. The number of fused-ring (bicyclic) bond motifs is 1. The smallest absolute Gasteiger partial charge is 0.415 e. The van der Waals surface area contributed by atoms with E-state index in [2.05, 4.69) is 0 Å². The third-order valence-electron chi connectivity index (χ3n) is 3.50. The number of carbonyl (C=O) groups excluding carboxylic acids is 1. The van der Waals surface area contributed by atoms with E-state index >= 15 is 0 Å². The molecule has 2 N–H and O–H groups in total. The van der Waals surface area contributed by atoms with Gasteiger partial charge in [-0.05, 0) is 45.7 Å². The van der Waals surface area contributed by atoms with Crippen LogP contribution in [0.4, 0.5) is 16.2 Å². The van der Waals surface area contributed by atoms with Gasteiger partial charge in [0.25, 0.3) is 0 Å². The van der Waals surface area contributed by atoms with Gasteiger partial charge < -0.3 is 15.2 Å². The standard InChI is InChI=1S/C15H20N2O3/c1-14(2,3)20-13(18)17-9-15(7-8-15)19-12-10(16)5-4-6-11(12)17/h4-6H,7-9,16H2,1-3H3. The Balaban J connectivity index is 1.96. The summed E-state index contributed by atoms with van der Waals surface area (Å²) >= 11 is 0. The highest BCUT2D eigenvalue weighted by Gasteiger charge is 2.52. The van der Waals surface area contributed by atoms with Crippen LogP contribution in [0.15, 0.2) is 18.2 Å². The summed E-state index contributed by atoms with van der Waals surface area (Å²) in [6.07, 6.45) is 1.54. The third kappa shape index (κ3) is 2.28. The molecule has 1 amide bonds. The number of carbonyl (C=O) groups is 1. The minimum Gasteiger partial charge on any atom is -0.481 e. The summed E-state index contributed by atoms with van der Waals surface area (Å²) in [5, 5.41) is 0. The molecule has 108 valence electrons. The van der Waals surface area contributed by atoms with Crippen molar-refractivity contribution < 1.29 is 14.3 Å². The molecule has 1 aromatic carbocycles. The predicted molar refractivity (Wildman–Crippen MR) is 77.0 cm³/mol. The normalized spacial score (nSPS) is 19.2. The lowest BCUT2D eigenvalue weighted by molar-refractivity contribution is 0.0538. The molecule has 20 heavy (non-hydrogen) atoms. The van der Waals surface area contributed by atoms with Crippen LogP contribution in [0, 0.1) is 0 Å². The zero-order valence-electron chi connectivity index (χ0n) is 12.1. The quantitative estimate of drug-likeness (QED) is 0.740. The molecule has 0 aromatic heterocycles. The van der Waals surface area contributed by atoms with Crippen LogP contribution >= 0.6 is 0 Å². The molecule has 1 aliphatic heterocycles. The topological polar surface area (TPSA) is 64.8 Å². The molecule has 3 rings (SSSR count). The van der Waals surface area contributed by atoms with Crippen molar-refractivity contribution >= 4 is 17.5 Å². The Kier molecular flexibility index (Phi) is 2.64. The summed E-state index contributed by atoms with van der Waals surface area (Å²) in [7, 11) is 0. The van der Waals surface area contributed by atoms with Crippen LogP contribution in [0.1, 0.15) is 33.6 Å². The van der Waals surface area contributed by atoms with Gasteiger partial charge in [0.2, 0.25) is 0 Å². The van der Waals surface area contributed by atoms with Crippen molar-refractivity contribution in [2.75, 3.05) is 17.2 Å². The van der Waals surface area contributed by atoms with Gasteiger partial charge in [0.15, 0.2) is 5.75 Å². The van der Waals surface area contributed by atoms with Gasteiger partial charge in [-0.15, -0.1) is 0 Å². The second-order valence-corrected chi connectivity index (χ2v) is 6.55. The van der Waals surface area contributed by atoms with Crippen molar-refractivity contribution in [2.24, 2.45) is 0 Å². The van der Waals surface area contributed by atoms with Crippen molar-refractivity contribution in [2.45, 2.75) is 44.8 Å². The van der Waals surface area contributed by atoms with E-state index in [1.54, 1.807) is 11.0 Å². The molecule has 1 aliphatic carbocycles. The van der Waals surface area contributed by atoms with E-state index < -0.39 is 5.60 Å². The second kappa shape index (κ2) is 4.04. The first-order chi connectivity index (χ1) is 9.30. The van der Waals surface area contributed by atoms with Crippen molar-refractivity contribution in [1.82, 2.24) is 0 Å². The Bertz CT molecular complexity index is 559. The second-order valence-electron chi connectivity index (χ2n) is 6.55. The Morgan fingerprint density at radius 1 is 1.40 bits per heavy atom. The molecule has 1 aromatic rings. The minimum atomic E-state index is -0.521. The molecule has 1 fully saturated rings. The Morgan fingerprint density at radius 2 is 2.10 bits per heavy atom. The number of nitrogens with zero attached hydrogens (tertiary/aromatic N) is 1. The number of nitrogens with two attached hydrogens (primary N) is 1. The minimum absolute atomic E-state index is 0.265. The Hall–Kier alpha value is -1.91. The lowest BCUT2D eigenvalue weighted by Crippen LogP contribution is -2.47. The SMILES string of the molecule is CC(C)(C)OC(=O)N1CC2(CC2)Oc2c(N)cccc21. The molecule has 1 saturated carbocycles. The van der Waals surface area contributed by atoms with E-state index in [1.807, 2.05) is 32.9 Å². The third-order valence-corrected chi connectivity index (χ3v) is 3.50. The van der Waals surface area contributed by atoms with Crippen LogP contribution < -0.4 is 15.4 Å². The van der Waals surface area contributed by atoms with Crippen LogP contribution in [0.2, 0.25) is 0 Å². The molecule has 1 spiro atoms. The van der Waals surface area contributed by atoms with E-state index in [0.29, 0.717) is 23.7 Å². The number of nitrogen functional groups attached to an aromatic ring is 1. The van der Waals surface area contributed by atoms with Crippen LogP contribution in [0.25, 0.3) is 0 Å². The predicted octanol–water partition coefficient (Wildman–Crippen LogP) is 2.94. The summed E-state index contributed by atoms with van der Waals surface area (Å²) in [6.45, 7) is 6.11. The summed E-state index contributed by atoms with van der Waals surface area (Å²) in [6, 6.07) is 5.44. The summed E-state index contributed by atoms with van der Waals surface area (Å²) in [4.78, 5) is 14.1. The van der Waals surface area contributed by atoms with Crippen molar-refractivity contribution in [1.29, 1.82) is 0 Å². The average Bonchev–Trinajstić information content (AvgIpc) is 3.07. The summed E-state index contributed by atoms with van der Waals surface area (Å²) in [5.74, 6) is 0.599. The zero-order chi connectivity index (χ0) is 14.5. The fourth-order valence-corrected chi connectivity index (χ4v) is 2.37. The first kappa shape index (κ1) is 13.1. The van der Waals surface area contributed by atoms with Crippen LogP contribution in [0.5, 0.6) is 5.75 Å². The number of hydrogen-bond donors (Lipinski definition) is 1. The first-order valence-corrected chi connectivity index (χ1v) is 6.88. The monoisotopic (exact) mass is 276 g/mol. The van der Waals surface area contributed by atoms with Gasteiger partial charge in [-0.1, -0.05) is 6.07 Å². The van der Waals surface area contributed by atoms with Gasteiger partial charge in [0.05, 0.1) is 17.9 Å². The molecule has 0 radical (unpaired) electrons. The zero-order valence-corrected chi connectivity index (χ0v) is 12.1. The van der Waals surface area contributed by atoms with Gasteiger partial charge in [0, 0.05) is 0 Å². The van der Waals surface area contributed by atoms with Gasteiger partial charge >= 0.3 is 6.09 Å². The number of rotatable bonds is 0. The molecule has 5 nitrogen and oxygen atoms in total. The number of amides is 1. The average molecular weight is 276 g/mol. The fourth-order valence-electron chi connectivity index (χ4n) is 2.37. The molecule has 0 atom stereocenters. The van der Waals surface area contributed by atoms with Crippen LogP contribution in [-0.4, -0.2) is 23.8 Å². The summed E-state index contributed by atoms with van der Waals surface area (Å²) in [5.41, 5.74) is 6.44.